The Morgan fingerprint density at radius 2 is 2.05 bits per heavy atom. The van der Waals surface area contributed by atoms with E-state index in [0.717, 1.165) is 30.6 Å². The van der Waals surface area contributed by atoms with E-state index in [-0.39, 0.29) is 10.6 Å². The van der Waals surface area contributed by atoms with Crippen LogP contribution in [0.2, 0.25) is 0 Å². The maximum absolute atomic E-state index is 10.7. The average molecular weight is 269 g/mol. The zero-order chi connectivity index (χ0) is 14.1. The van der Waals surface area contributed by atoms with E-state index in [1.807, 2.05) is 23.8 Å². The summed E-state index contributed by atoms with van der Waals surface area (Å²) in [6, 6.07) is 6.55. The highest BCUT2D eigenvalue weighted by molar-refractivity contribution is 5.54. The Labute approximate surface area is 116 Å². The first-order valence-electron chi connectivity index (χ1n) is 6.69. The van der Waals surface area contributed by atoms with E-state index < -0.39 is 0 Å². The second-order valence-corrected chi connectivity index (χ2v) is 4.85. The van der Waals surface area contributed by atoms with Crippen LogP contribution in [0.1, 0.15) is 30.3 Å². The number of hydrogen-bond donors (Lipinski definition) is 0. The Morgan fingerprint density at radius 1 is 1.30 bits per heavy atom. The van der Waals surface area contributed by atoms with Gasteiger partial charge in [0.1, 0.15) is 0 Å². The fourth-order valence-electron chi connectivity index (χ4n) is 2.69. The number of fused-ring (bicyclic) bond motifs is 1. The summed E-state index contributed by atoms with van der Waals surface area (Å²) in [4.78, 5) is 10.3. The van der Waals surface area contributed by atoms with Gasteiger partial charge in [0, 0.05) is 23.4 Å². The molecule has 1 aliphatic rings. The van der Waals surface area contributed by atoms with Gasteiger partial charge in [-0.2, -0.15) is 5.10 Å². The Morgan fingerprint density at radius 3 is 2.70 bits per heavy atom. The number of non-ortho nitro benzene ring substituents is 1. The Hall–Kier alpha value is -2.43. The fourth-order valence-corrected chi connectivity index (χ4v) is 2.69. The molecule has 1 aliphatic carbocycles. The van der Waals surface area contributed by atoms with Crippen LogP contribution in [0.25, 0.3) is 11.8 Å². The summed E-state index contributed by atoms with van der Waals surface area (Å²) in [5.74, 6) is 0. The molecule has 0 atom stereocenters. The summed E-state index contributed by atoms with van der Waals surface area (Å²) in [6.07, 6.45) is 7.22. The summed E-state index contributed by atoms with van der Waals surface area (Å²) in [7, 11) is 0. The van der Waals surface area contributed by atoms with E-state index in [1.54, 1.807) is 12.1 Å². The molecule has 0 unspecified atom stereocenters. The molecule has 5 nitrogen and oxygen atoms in total. The Kier molecular flexibility index (Phi) is 3.10. The molecule has 0 spiro atoms. The van der Waals surface area contributed by atoms with E-state index in [0.29, 0.717) is 0 Å². The van der Waals surface area contributed by atoms with Gasteiger partial charge in [0.25, 0.3) is 5.69 Å². The number of aromatic nitrogens is 2. The molecule has 2 aromatic rings. The van der Waals surface area contributed by atoms with Crippen molar-refractivity contribution in [1.82, 2.24) is 9.78 Å². The highest BCUT2D eigenvalue weighted by Gasteiger charge is 2.22. The summed E-state index contributed by atoms with van der Waals surface area (Å²) < 4.78 is 1.92. The first kappa shape index (κ1) is 12.6. The third kappa shape index (κ3) is 2.01. The van der Waals surface area contributed by atoms with Crippen molar-refractivity contribution in [3.05, 3.63) is 57.4 Å². The van der Waals surface area contributed by atoms with Gasteiger partial charge in [-0.3, -0.25) is 10.1 Å². The third-order valence-electron chi connectivity index (χ3n) is 3.59. The van der Waals surface area contributed by atoms with E-state index in [1.165, 1.54) is 23.4 Å². The smallest absolute Gasteiger partial charge is 0.258 e. The molecule has 0 fully saturated rings. The quantitative estimate of drug-likeness (QED) is 0.634. The van der Waals surface area contributed by atoms with Gasteiger partial charge in [0.2, 0.25) is 0 Å². The predicted octanol–water partition coefficient (Wildman–Crippen LogP) is 3.30. The van der Waals surface area contributed by atoms with Gasteiger partial charge in [-0.05, 0) is 44.4 Å². The van der Waals surface area contributed by atoms with Crippen LogP contribution in [-0.2, 0) is 12.8 Å². The lowest BCUT2D eigenvalue weighted by atomic mass is 10.2. The molecule has 5 heteroatoms. The zero-order valence-electron chi connectivity index (χ0n) is 11.2. The number of benzene rings is 1. The highest BCUT2D eigenvalue weighted by atomic mass is 16.6. The molecule has 0 aliphatic heterocycles. The molecule has 0 amide bonds. The fraction of sp³-hybridized carbons (Fsp3) is 0.267. The van der Waals surface area contributed by atoms with Gasteiger partial charge in [0.05, 0.1) is 16.3 Å². The molecule has 102 valence electrons. The lowest BCUT2D eigenvalue weighted by Crippen LogP contribution is -2.01. The van der Waals surface area contributed by atoms with E-state index in [4.69, 9.17) is 0 Å². The molecule has 0 bridgehead atoms. The SMILES string of the molecule is C/C=C/c1nn(-c2ccc([N+](=O)[O-])cc2)c2c1CCC2. The molecule has 0 saturated carbocycles. The topological polar surface area (TPSA) is 61.0 Å². The summed E-state index contributed by atoms with van der Waals surface area (Å²) in [5, 5.41) is 15.3. The van der Waals surface area contributed by atoms with Crippen molar-refractivity contribution in [1.29, 1.82) is 0 Å². The maximum atomic E-state index is 10.7. The summed E-state index contributed by atoms with van der Waals surface area (Å²) in [5.41, 5.74) is 4.53. The first-order valence-corrected chi connectivity index (χ1v) is 6.69. The van der Waals surface area contributed by atoms with Crippen molar-refractivity contribution >= 4 is 11.8 Å². The molecule has 1 aromatic heterocycles. The Bertz CT molecular complexity index is 684. The average Bonchev–Trinajstić information content (AvgIpc) is 3.03. The standard InChI is InChI=1S/C15H15N3O2/c1-2-4-14-13-5-3-6-15(13)17(16-14)11-7-9-12(10-8-11)18(19)20/h2,4,7-10H,3,5-6H2,1H3/b4-2+. The van der Waals surface area contributed by atoms with Crippen molar-refractivity contribution < 1.29 is 4.92 Å². The summed E-state index contributed by atoms with van der Waals surface area (Å²) in [6.45, 7) is 1.98. The monoisotopic (exact) mass is 269 g/mol. The molecule has 0 N–H and O–H groups in total. The number of nitrogens with zero attached hydrogens (tertiary/aromatic N) is 3. The number of nitro benzene ring substituents is 1. The summed E-state index contributed by atoms with van der Waals surface area (Å²) >= 11 is 0. The van der Waals surface area contributed by atoms with Gasteiger partial charge in [-0.1, -0.05) is 6.08 Å². The molecule has 0 radical (unpaired) electrons. The van der Waals surface area contributed by atoms with Gasteiger partial charge in [0.15, 0.2) is 0 Å². The zero-order valence-corrected chi connectivity index (χ0v) is 11.2. The lowest BCUT2D eigenvalue weighted by molar-refractivity contribution is -0.384. The van der Waals surface area contributed by atoms with Crippen LogP contribution in [0.4, 0.5) is 5.69 Å². The molecule has 3 rings (SSSR count). The van der Waals surface area contributed by atoms with Gasteiger partial charge < -0.3 is 0 Å². The first-order chi connectivity index (χ1) is 9.70. The third-order valence-corrected chi connectivity index (χ3v) is 3.59. The number of nitro groups is 1. The predicted molar refractivity (Wildman–Crippen MR) is 77.0 cm³/mol. The lowest BCUT2D eigenvalue weighted by Gasteiger charge is -2.04. The molecule has 1 aromatic carbocycles. The number of allylic oxidation sites excluding steroid dienone is 1. The Balaban J connectivity index is 2.06. The second-order valence-electron chi connectivity index (χ2n) is 4.85. The number of rotatable bonds is 3. The maximum Gasteiger partial charge on any atom is 0.269 e. The van der Waals surface area contributed by atoms with Crippen LogP contribution in [0.15, 0.2) is 30.3 Å². The van der Waals surface area contributed by atoms with Crippen molar-refractivity contribution in [2.75, 3.05) is 0 Å². The molecule has 1 heterocycles. The normalized spacial score (nSPS) is 13.8. The minimum Gasteiger partial charge on any atom is -0.258 e. The van der Waals surface area contributed by atoms with Crippen LogP contribution < -0.4 is 0 Å². The molecular weight excluding hydrogens is 254 g/mol. The van der Waals surface area contributed by atoms with Crippen LogP contribution in [0.5, 0.6) is 0 Å². The van der Waals surface area contributed by atoms with E-state index in [9.17, 15) is 10.1 Å². The molecule has 20 heavy (non-hydrogen) atoms. The number of hydrogen-bond acceptors (Lipinski definition) is 3. The second kappa shape index (κ2) is 4.92. The van der Waals surface area contributed by atoms with Gasteiger partial charge >= 0.3 is 0 Å². The largest absolute Gasteiger partial charge is 0.269 e. The van der Waals surface area contributed by atoms with Crippen LogP contribution in [-0.4, -0.2) is 14.7 Å². The highest BCUT2D eigenvalue weighted by Crippen LogP contribution is 2.29. The van der Waals surface area contributed by atoms with Gasteiger partial charge in [-0.15, -0.1) is 0 Å². The molecular formula is C15H15N3O2. The van der Waals surface area contributed by atoms with Crippen molar-refractivity contribution in [2.45, 2.75) is 26.2 Å². The van der Waals surface area contributed by atoms with Crippen LogP contribution >= 0.6 is 0 Å². The van der Waals surface area contributed by atoms with E-state index in [2.05, 4.69) is 5.10 Å². The minimum atomic E-state index is -0.386. The van der Waals surface area contributed by atoms with Crippen molar-refractivity contribution in [3.63, 3.8) is 0 Å². The van der Waals surface area contributed by atoms with E-state index >= 15 is 0 Å². The van der Waals surface area contributed by atoms with Crippen molar-refractivity contribution in [2.24, 2.45) is 0 Å². The minimum absolute atomic E-state index is 0.103. The molecule has 0 saturated heterocycles. The van der Waals surface area contributed by atoms with Crippen molar-refractivity contribution in [3.8, 4) is 5.69 Å². The van der Waals surface area contributed by atoms with Crippen LogP contribution in [0, 0.1) is 10.1 Å². The van der Waals surface area contributed by atoms with Crippen LogP contribution in [0.3, 0.4) is 0 Å². The van der Waals surface area contributed by atoms with Gasteiger partial charge in [-0.25, -0.2) is 4.68 Å².